The highest BCUT2D eigenvalue weighted by molar-refractivity contribution is 7.15. The fraction of sp³-hybridized carbons (Fsp3) is 0.125. The second kappa shape index (κ2) is 8.36. The maximum atomic E-state index is 8.92. The maximum Gasteiger partial charge on any atom is 0.229 e. The molecule has 5 nitrogen and oxygen atoms in total. The molecular weight excluding hydrogens is 390 g/mol. The van der Waals surface area contributed by atoms with E-state index < -0.39 is 0 Å². The predicted octanol–water partition coefficient (Wildman–Crippen LogP) is 6.49. The fourth-order valence-corrected chi connectivity index (χ4v) is 4.12. The molecule has 0 bridgehead atoms. The summed E-state index contributed by atoms with van der Waals surface area (Å²) in [5.41, 5.74) is 6.06. The topological polar surface area (TPSA) is 73.6 Å². The van der Waals surface area contributed by atoms with Gasteiger partial charge >= 0.3 is 0 Å². The van der Waals surface area contributed by atoms with Crippen molar-refractivity contribution < 1.29 is 0 Å². The molecule has 2 aromatic carbocycles. The van der Waals surface area contributed by atoms with Crippen LogP contribution in [0.4, 0.5) is 23.1 Å². The summed E-state index contributed by atoms with van der Waals surface area (Å²) in [5, 5.41) is 15.5. The average molecular weight is 412 g/mol. The molecule has 0 unspecified atom stereocenters. The standard InChI is InChI=1S/C24H21N5S/c1-15-12-19(21-9-4-17(3)30-21)13-16(2)23(15)28-22-10-11-26-24(29-22)27-20-7-5-18(14-25)6-8-20/h4-13H,1-3H3,(H2,26,27,28,29). The number of nitrogens with one attached hydrogen (secondary N) is 2. The second-order valence-electron chi connectivity index (χ2n) is 7.10. The van der Waals surface area contributed by atoms with E-state index in [2.05, 4.69) is 71.7 Å². The summed E-state index contributed by atoms with van der Waals surface area (Å²) in [6, 6.07) is 19.9. The highest BCUT2D eigenvalue weighted by atomic mass is 32.1. The molecule has 2 aromatic heterocycles. The molecule has 4 aromatic rings. The van der Waals surface area contributed by atoms with Crippen LogP contribution in [-0.4, -0.2) is 9.97 Å². The minimum absolute atomic E-state index is 0.491. The number of anilines is 4. The number of nitrogens with zero attached hydrogens (tertiary/aromatic N) is 3. The lowest BCUT2D eigenvalue weighted by Gasteiger charge is -2.14. The van der Waals surface area contributed by atoms with Gasteiger partial charge in [0.05, 0.1) is 11.6 Å². The molecule has 0 saturated heterocycles. The summed E-state index contributed by atoms with van der Waals surface area (Å²) in [6.07, 6.45) is 1.72. The molecule has 0 amide bonds. The van der Waals surface area contributed by atoms with Gasteiger partial charge in [0.2, 0.25) is 5.95 Å². The maximum absolute atomic E-state index is 8.92. The van der Waals surface area contributed by atoms with Gasteiger partial charge in [0.25, 0.3) is 0 Å². The number of hydrogen-bond donors (Lipinski definition) is 2. The Labute approximate surface area is 180 Å². The molecule has 30 heavy (non-hydrogen) atoms. The van der Waals surface area contributed by atoms with Crippen molar-refractivity contribution in [2.75, 3.05) is 10.6 Å². The van der Waals surface area contributed by atoms with Crippen molar-refractivity contribution in [2.45, 2.75) is 20.8 Å². The predicted molar refractivity (Wildman–Crippen MR) is 124 cm³/mol. The van der Waals surface area contributed by atoms with E-state index in [9.17, 15) is 0 Å². The zero-order chi connectivity index (χ0) is 21.1. The van der Waals surface area contributed by atoms with Gasteiger partial charge in [0.1, 0.15) is 5.82 Å². The van der Waals surface area contributed by atoms with Crippen LogP contribution < -0.4 is 10.6 Å². The highest BCUT2D eigenvalue weighted by Crippen LogP contribution is 2.33. The summed E-state index contributed by atoms with van der Waals surface area (Å²) >= 11 is 1.81. The quantitative estimate of drug-likeness (QED) is 0.393. The van der Waals surface area contributed by atoms with E-state index in [1.54, 1.807) is 29.7 Å². The second-order valence-corrected chi connectivity index (χ2v) is 8.39. The van der Waals surface area contributed by atoms with E-state index in [4.69, 9.17) is 5.26 Å². The first-order valence-corrected chi connectivity index (χ1v) is 10.4. The third-order valence-corrected chi connectivity index (χ3v) is 5.79. The Hall–Kier alpha value is -3.69. The molecule has 0 aliphatic rings. The van der Waals surface area contributed by atoms with Gasteiger partial charge in [-0.25, -0.2) is 4.98 Å². The van der Waals surface area contributed by atoms with Crippen molar-refractivity contribution in [1.82, 2.24) is 9.97 Å². The lowest BCUT2D eigenvalue weighted by atomic mass is 10.0. The van der Waals surface area contributed by atoms with E-state index in [-0.39, 0.29) is 0 Å². The minimum atomic E-state index is 0.491. The van der Waals surface area contributed by atoms with Crippen LogP contribution in [0.2, 0.25) is 0 Å². The molecule has 0 aliphatic heterocycles. The molecule has 4 rings (SSSR count). The first kappa shape index (κ1) is 19.6. The van der Waals surface area contributed by atoms with Gasteiger partial charge in [-0.3, -0.25) is 0 Å². The van der Waals surface area contributed by atoms with Gasteiger partial charge in [-0.15, -0.1) is 11.3 Å². The van der Waals surface area contributed by atoms with E-state index in [1.807, 2.05) is 18.2 Å². The van der Waals surface area contributed by atoms with Gasteiger partial charge < -0.3 is 10.6 Å². The summed E-state index contributed by atoms with van der Waals surface area (Å²) < 4.78 is 0. The Morgan fingerprint density at radius 1 is 0.900 bits per heavy atom. The van der Waals surface area contributed by atoms with E-state index in [1.165, 1.54) is 15.3 Å². The third-order valence-electron chi connectivity index (χ3n) is 4.74. The van der Waals surface area contributed by atoms with Crippen molar-refractivity contribution in [3.05, 3.63) is 82.4 Å². The molecule has 0 atom stereocenters. The SMILES string of the molecule is Cc1ccc(-c2cc(C)c(Nc3ccnc(Nc4ccc(C#N)cc4)n3)c(C)c2)s1. The highest BCUT2D eigenvalue weighted by Gasteiger charge is 2.10. The molecule has 0 radical (unpaired) electrons. The van der Waals surface area contributed by atoms with E-state index in [0.717, 1.165) is 22.5 Å². The first-order valence-electron chi connectivity index (χ1n) is 9.57. The molecule has 0 saturated carbocycles. The normalized spacial score (nSPS) is 10.5. The number of thiophene rings is 1. The Morgan fingerprint density at radius 2 is 1.63 bits per heavy atom. The number of rotatable bonds is 5. The van der Waals surface area contributed by atoms with Crippen LogP contribution in [-0.2, 0) is 0 Å². The van der Waals surface area contributed by atoms with Gasteiger partial charge in [0, 0.05) is 27.3 Å². The van der Waals surface area contributed by atoms with Crippen LogP contribution in [0, 0.1) is 32.1 Å². The molecule has 148 valence electrons. The number of aryl methyl sites for hydroxylation is 3. The Kier molecular flexibility index (Phi) is 5.46. The number of hydrogen-bond acceptors (Lipinski definition) is 6. The van der Waals surface area contributed by atoms with Gasteiger partial charge in [-0.05, 0) is 92.1 Å². The molecule has 0 spiro atoms. The largest absolute Gasteiger partial charge is 0.340 e. The van der Waals surface area contributed by atoms with Gasteiger partial charge in [0.15, 0.2) is 0 Å². The Balaban J connectivity index is 1.55. The summed E-state index contributed by atoms with van der Waals surface area (Å²) in [6.45, 7) is 6.34. The van der Waals surface area contributed by atoms with Gasteiger partial charge in [-0.1, -0.05) is 0 Å². The molecule has 6 heteroatoms. The lowest BCUT2D eigenvalue weighted by Crippen LogP contribution is -2.02. The number of aromatic nitrogens is 2. The first-order chi connectivity index (χ1) is 14.5. The van der Waals surface area contributed by atoms with Crippen LogP contribution in [0.1, 0.15) is 21.6 Å². The number of benzene rings is 2. The Bertz CT molecular complexity index is 1210. The van der Waals surface area contributed by atoms with E-state index >= 15 is 0 Å². The van der Waals surface area contributed by atoms with Crippen molar-refractivity contribution in [3.63, 3.8) is 0 Å². The van der Waals surface area contributed by atoms with E-state index in [0.29, 0.717) is 17.3 Å². The minimum Gasteiger partial charge on any atom is -0.340 e. The van der Waals surface area contributed by atoms with Crippen molar-refractivity contribution >= 4 is 34.5 Å². The van der Waals surface area contributed by atoms with Crippen molar-refractivity contribution in [2.24, 2.45) is 0 Å². The number of nitriles is 1. The van der Waals surface area contributed by atoms with Crippen LogP contribution in [0.25, 0.3) is 10.4 Å². The average Bonchev–Trinajstić information content (AvgIpc) is 3.18. The smallest absolute Gasteiger partial charge is 0.229 e. The lowest BCUT2D eigenvalue weighted by molar-refractivity contribution is 1.16. The molecule has 2 N–H and O–H groups in total. The molecular formula is C24H21N5S. The molecule has 0 fully saturated rings. The molecule has 2 heterocycles. The fourth-order valence-electron chi connectivity index (χ4n) is 3.27. The zero-order valence-corrected chi connectivity index (χ0v) is 17.8. The molecule has 0 aliphatic carbocycles. The van der Waals surface area contributed by atoms with Crippen LogP contribution in [0.3, 0.4) is 0 Å². The Morgan fingerprint density at radius 3 is 2.27 bits per heavy atom. The van der Waals surface area contributed by atoms with Crippen molar-refractivity contribution in [3.8, 4) is 16.5 Å². The summed E-state index contributed by atoms with van der Waals surface area (Å²) in [5.74, 6) is 1.21. The van der Waals surface area contributed by atoms with Crippen molar-refractivity contribution in [1.29, 1.82) is 5.26 Å². The summed E-state index contributed by atoms with van der Waals surface area (Å²) in [7, 11) is 0. The van der Waals surface area contributed by atoms with Gasteiger partial charge in [-0.2, -0.15) is 10.2 Å². The van der Waals surface area contributed by atoms with Crippen LogP contribution in [0.5, 0.6) is 0 Å². The summed E-state index contributed by atoms with van der Waals surface area (Å²) in [4.78, 5) is 11.5. The monoisotopic (exact) mass is 411 g/mol. The zero-order valence-electron chi connectivity index (χ0n) is 17.0. The van der Waals surface area contributed by atoms with Crippen LogP contribution >= 0.6 is 11.3 Å². The third kappa shape index (κ3) is 4.32. The van der Waals surface area contributed by atoms with Crippen LogP contribution in [0.15, 0.2) is 60.8 Å².